The van der Waals surface area contributed by atoms with Crippen LogP contribution >= 0.6 is 11.6 Å². The summed E-state index contributed by atoms with van der Waals surface area (Å²) in [4.78, 5) is 22.9. The predicted octanol–water partition coefficient (Wildman–Crippen LogP) is 4.90. The number of rotatable bonds is 6. The van der Waals surface area contributed by atoms with Crippen LogP contribution in [-0.2, 0) is 6.54 Å². The highest BCUT2D eigenvalue weighted by molar-refractivity contribution is 6.31. The molecule has 1 aromatic heterocycles. The number of ether oxygens (including phenoxy) is 1. The molecule has 9 nitrogen and oxygen atoms in total. The number of amides is 2. The minimum Gasteiger partial charge on any atom is -0.494 e. The molecular formula is C20H19ClFN5O4. The number of non-ortho nitro benzene ring substituents is 1. The van der Waals surface area contributed by atoms with E-state index in [0.29, 0.717) is 29.2 Å². The Morgan fingerprint density at radius 1 is 1.26 bits per heavy atom. The maximum atomic E-state index is 13.3. The summed E-state index contributed by atoms with van der Waals surface area (Å²) < 4.78 is 20.0. The summed E-state index contributed by atoms with van der Waals surface area (Å²) in [6, 6.07) is 7.42. The van der Waals surface area contributed by atoms with E-state index in [1.807, 2.05) is 0 Å². The van der Waals surface area contributed by atoms with Crippen LogP contribution in [0.4, 0.5) is 26.2 Å². The molecule has 3 aromatic rings. The Morgan fingerprint density at radius 3 is 2.65 bits per heavy atom. The van der Waals surface area contributed by atoms with Crippen LogP contribution in [0.1, 0.15) is 17.0 Å². The molecule has 31 heavy (non-hydrogen) atoms. The lowest BCUT2D eigenvalue weighted by Crippen LogP contribution is -2.20. The van der Waals surface area contributed by atoms with Gasteiger partial charge in [-0.2, -0.15) is 5.10 Å². The monoisotopic (exact) mass is 447 g/mol. The van der Waals surface area contributed by atoms with E-state index in [4.69, 9.17) is 16.3 Å². The molecule has 0 fully saturated rings. The first-order valence-corrected chi connectivity index (χ1v) is 9.45. The van der Waals surface area contributed by atoms with Crippen molar-refractivity contribution in [1.82, 2.24) is 9.78 Å². The number of methoxy groups -OCH3 is 1. The van der Waals surface area contributed by atoms with E-state index in [2.05, 4.69) is 15.7 Å². The van der Waals surface area contributed by atoms with Gasteiger partial charge < -0.3 is 15.4 Å². The summed E-state index contributed by atoms with van der Waals surface area (Å²) in [5, 5.41) is 20.9. The van der Waals surface area contributed by atoms with Crippen LogP contribution in [0.25, 0.3) is 0 Å². The first-order chi connectivity index (χ1) is 14.7. The van der Waals surface area contributed by atoms with E-state index in [1.54, 1.807) is 24.6 Å². The summed E-state index contributed by atoms with van der Waals surface area (Å²) in [5.41, 5.74) is 2.53. The van der Waals surface area contributed by atoms with Crippen LogP contribution in [-0.4, -0.2) is 27.8 Å². The van der Waals surface area contributed by atoms with Crippen molar-refractivity contribution in [3.63, 3.8) is 0 Å². The Labute approximate surface area is 181 Å². The molecule has 2 N–H and O–H groups in total. The number of anilines is 2. The van der Waals surface area contributed by atoms with Crippen molar-refractivity contribution < 1.29 is 18.8 Å². The number of nitrogens with one attached hydrogen (secondary N) is 2. The summed E-state index contributed by atoms with van der Waals surface area (Å²) in [6.07, 6.45) is 0. The van der Waals surface area contributed by atoms with Crippen LogP contribution in [0.15, 0.2) is 36.4 Å². The highest BCUT2D eigenvalue weighted by Gasteiger charge is 2.17. The molecular weight excluding hydrogens is 429 g/mol. The van der Waals surface area contributed by atoms with E-state index in [1.165, 1.54) is 37.4 Å². The number of aryl methyl sites for hydroxylation is 1. The topological polar surface area (TPSA) is 111 Å². The molecule has 0 bridgehead atoms. The van der Waals surface area contributed by atoms with Crippen molar-refractivity contribution >= 4 is 34.7 Å². The van der Waals surface area contributed by atoms with Crippen LogP contribution in [0, 0.1) is 29.8 Å². The lowest BCUT2D eigenvalue weighted by atomic mass is 10.2. The van der Waals surface area contributed by atoms with Gasteiger partial charge in [0.05, 0.1) is 47.4 Å². The molecule has 0 aliphatic carbocycles. The number of benzene rings is 2. The maximum Gasteiger partial charge on any atom is 0.323 e. The molecule has 0 saturated heterocycles. The number of halogens is 2. The van der Waals surface area contributed by atoms with E-state index in [-0.39, 0.29) is 22.1 Å². The van der Waals surface area contributed by atoms with Gasteiger partial charge in [-0.1, -0.05) is 17.7 Å². The first-order valence-electron chi connectivity index (χ1n) is 9.08. The van der Waals surface area contributed by atoms with Crippen molar-refractivity contribution in [2.24, 2.45) is 0 Å². The van der Waals surface area contributed by atoms with Gasteiger partial charge in [0.2, 0.25) is 0 Å². The average Bonchev–Trinajstić information content (AvgIpc) is 2.97. The summed E-state index contributed by atoms with van der Waals surface area (Å²) >= 11 is 6.10. The normalized spacial score (nSPS) is 10.6. The third-order valence-corrected chi connectivity index (χ3v) is 4.95. The van der Waals surface area contributed by atoms with E-state index in [0.717, 1.165) is 0 Å². The van der Waals surface area contributed by atoms with E-state index >= 15 is 0 Å². The second kappa shape index (κ2) is 9.00. The third kappa shape index (κ3) is 4.92. The highest BCUT2D eigenvalue weighted by atomic mass is 35.5. The lowest BCUT2D eigenvalue weighted by molar-refractivity contribution is -0.384. The van der Waals surface area contributed by atoms with Crippen LogP contribution in [0.2, 0.25) is 5.02 Å². The molecule has 0 radical (unpaired) electrons. The fraction of sp³-hybridized carbons (Fsp3) is 0.200. The number of aromatic nitrogens is 2. The fourth-order valence-electron chi connectivity index (χ4n) is 3.01. The number of nitro benzene ring substituents is 1. The number of carbonyl (C=O) groups is 1. The predicted molar refractivity (Wildman–Crippen MR) is 115 cm³/mol. The van der Waals surface area contributed by atoms with Crippen molar-refractivity contribution in [1.29, 1.82) is 0 Å². The Hall–Kier alpha value is -3.66. The Morgan fingerprint density at radius 2 is 2.00 bits per heavy atom. The smallest absolute Gasteiger partial charge is 0.323 e. The average molecular weight is 448 g/mol. The Balaban J connectivity index is 1.77. The second-order valence-corrected chi connectivity index (χ2v) is 7.07. The zero-order valence-corrected chi connectivity index (χ0v) is 17.7. The zero-order valence-electron chi connectivity index (χ0n) is 16.9. The van der Waals surface area contributed by atoms with Crippen LogP contribution in [0.3, 0.4) is 0 Å². The number of carbonyl (C=O) groups excluding carboxylic acids is 1. The largest absolute Gasteiger partial charge is 0.494 e. The quantitative estimate of drug-likeness (QED) is 0.412. The summed E-state index contributed by atoms with van der Waals surface area (Å²) in [6.45, 7) is 3.81. The minimum absolute atomic E-state index is 0.152. The van der Waals surface area contributed by atoms with Gasteiger partial charge in [0.25, 0.3) is 5.69 Å². The molecule has 0 saturated carbocycles. The number of nitro groups is 1. The lowest BCUT2D eigenvalue weighted by Gasteiger charge is -2.12. The number of nitrogens with zero attached hydrogens (tertiary/aromatic N) is 3. The molecule has 0 aliphatic rings. The van der Waals surface area contributed by atoms with Crippen molar-refractivity contribution in [2.75, 3.05) is 17.7 Å². The molecule has 162 valence electrons. The van der Waals surface area contributed by atoms with Crippen molar-refractivity contribution in [3.8, 4) is 5.75 Å². The Bertz CT molecular complexity index is 1160. The maximum absolute atomic E-state index is 13.3. The van der Waals surface area contributed by atoms with Crippen molar-refractivity contribution in [2.45, 2.75) is 20.4 Å². The van der Waals surface area contributed by atoms with E-state index in [9.17, 15) is 19.3 Å². The number of hydrogen-bond donors (Lipinski definition) is 2. The molecule has 3 rings (SSSR count). The van der Waals surface area contributed by atoms with Crippen LogP contribution in [0.5, 0.6) is 5.75 Å². The standard InChI is InChI=1S/C20H19ClFN5O4/c1-11-19(12(2)26(25-11)10-13-4-5-14(22)8-16(13)21)24-20(28)23-17-7-6-15(27(29)30)9-18(17)31-3/h4-9H,10H2,1-3H3,(H2,23,24,28). The van der Waals surface area contributed by atoms with Gasteiger partial charge in [0.15, 0.2) is 0 Å². The molecule has 2 amide bonds. The van der Waals surface area contributed by atoms with Crippen LogP contribution < -0.4 is 15.4 Å². The minimum atomic E-state index is -0.572. The second-order valence-electron chi connectivity index (χ2n) is 6.66. The van der Waals surface area contributed by atoms with Gasteiger partial charge in [-0.3, -0.25) is 14.8 Å². The zero-order chi connectivity index (χ0) is 22.7. The molecule has 0 spiro atoms. The molecule has 0 aliphatic heterocycles. The highest BCUT2D eigenvalue weighted by Crippen LogP contribution is 2.29. The SMILES string of the molecule is COc1cc([N+](=O)[O-])ccc1NC(=O)Nc1c(C)nn(Cc2ccc(F)cc2Cl)c1C. The van der Waals surface area contributed by atoms with Gasteiger partial charge in [-0.05, 0) is 37.6 Å². The van der Waals surface area contributed by atoms with E-state index < -0.39 is 16.8 Å². The molecule has 0 atom stereocenters. The number of hydrogen-bond acceptors (Lipinski definition) is 5. The van der Waals surface area contributed by atoms with Gasteiger partial charge in [0, 0.05) is 11.1 Å². The summed E-state index contributed by atoms with van der Waals surface area (Å²) in [5.74, 6) is -0.276. The molecule has 0 unspecified atom stereocenters. The Kier molecular flexibility index (Phi) is 6.40. The van der Waals surface area contributed by atoms with Gasteiger partial charge in [-0.15, -0.1) is 0 Å². The molecule has 1 heterocycles. The van der Waals surface area contributed by atoms with Gasteiger partial charge >= 0.3 is 6.03 Å². The van der Waals surface area contributed by atoms with Crippen molar-refractivity contribution in [3.05, 3.63) is 74.3 Å². The molecule has 2 aromatic carbocycles. The number of urea groups is 1. The summed E-state index contributed by atoms with van der Waals surface area (Å²) in [7, 11) is 1.35. The first kappa shape index (κ1) is 22.0. The van der Waals surface area contributed by atoms with Gasteiger partial charge in [-0.25, -0.2) is 9.18 Å². The fourth-order valence-corrected chi connectivity index (χ4v) is 3.23. The van der Waals surface area contributed by atoms with Gasteiger partial charge in [0.1, 0.15) is 11.6 Å². The molecule has 11 heteroatoms. The third-order valence-electron chi connectivity index (χ3n) is 4.60.